The molecular formula is C31H27FN4O5S2. The van der Waals surface area contributed by atoms with E-state index in [1.807, 2.05) is 43.3 Å². The van der Waals surface area contributed by atoms with Gasteiger partial charge in [0.05, 0.1) is 23.7 Å². The van der Waals surface area contributed by atoms with E-state index in [1.54, 1.807) is 31.4 Å². The van der Waals surface area contributed by atoms with Crippen molar-refractivity contribution in [3.63, 3.8) is 0 Å². The molecule has 0 aliphatic carbocycles. The molecule has 9 nitrogen and oxygen atoms in total. The smallest absolute Gasteiger partial charge is 0.308 e. The van der Waals surface area contributed by atoms with Gasteiger partial charge in [-0.3, -0.25) is 23.7 Å². The average Bonchev–Trinajstić information content (AvgIpc) is 3.44. The van der Waals surface area contributed by atoms with Crippen molar-refractivity contribution >= 4 is 57.9 Å². The van der Waals surface area contributed by atoms with Crippen LogP contribution in [0.4, 0.5) is 21.5 Å². The number of imide groups is 1. The van der Waals surface area contributed by atoms with Crippen LogP contribution in [0.5, 0.6) is 5.75 Å². The van der Waals surface area contributed by atoms with Crippen molar-refractivity contribution in [3.05, 3.63) is 98.7 Å². The monoisotopic (exact) mass is 618 g/mol. The maximum Gasteiger partial charge on any atom is 0.308 e. The number of carbonyl (C=O) groups is 3. The average molecular weight is 619 g/mol. The number of hydrogen-bond acceptors (Lipinski definition) is 8. The molecule has 2 aliphatic rings. The summed E-state index contributed by atoms with van der Waals surface area (Å²) in [6.07, 6.45) is 0. The Morgan fingerprint density at radius 1 is 0.953 bits per heavy atom. The zero-order valence-corrected chi connectivity index (χ0v) is 25.1. The first-order valence-corrected chi connectivity index (χ1v) is 15.1. The number of benzene rings is 3. The maximum absolute atomic E-state index is 14.0. The van der Waals surface area contributed by atoms with Gasteiger partial charge in [0.2, 0.25) is 17.7 Å². The Hall–Kier alpha value is -4.42. The lowest BCUT2D eigenvalue weighted by Gasteiger charge is -2.31. The molecule has 1 fully saturated rings. The maximum atomic E-state index is 14.0. The highest BCUT2D eigenvalue weighted by molar-refractivity contribution is 8.00. The summed E-state index contributed by atoms with van der Waals surface area (Å²) >= 11 is 2.11. The highest BCUT2D eigenvalue weighted by atomic mass is 32.2. The number of nitrogens with zero attached hydrogens (tertiary/aromatic N) is 3. The summed E-state index contributed by atoms with van der Waals surface area (Å²) in [5.74, 6) is -2.49. The highest BCUT2D eigenvalue weighted by Crippen LogP contribution is 2.54. The van der Waals surface area contributed by atoms with Crippen LogP contribution in [0, 0.1) is 11.7 Å². The molecule has 2 aliphatic heterocycles. The number of halogens is 1. The summed E-state index contributed by atoms with van der Waals surface area (Å²) in [5.41, 5.74) is 2.56. The van der Waals surface area contributed by atoms with Crippen LogP contribution in [0.25, 0.3) is 0 Å². The number of aromatic nitrogens is 1. The molecule has 1 N–H and O–H groups in total. The first-order valence-electron chi connectivity index (χ1n) is 13.4. The Morgan fingerprint density at radius 2 is 1.63 bits per heavy atom. The van der Waals surface area contributed by atoms with Gasteiger partial charge < -0.3 is 15.0 Å². The molecule has 6 rings (SSSR count). The normalized spacial score (nSPS) is 19.2. The van der Waals surface area contributed by atoms with Crippen molar-refractivity contribution in [3.8, 4) is 5.75 Å². The van der Waals surface area contributed by atoms with Gasteiger partial charge in [0.25, 0.3) is 0 Å². The predicted octanol–water partition coefficient (Wildman–Crippen LogP) is 4.56. The minimum atomic E-state index is -0.839. The van der Waals surface area contributed by atoms with Crippen LogP contribution in [0.1, 0.15) is 16.4 Å². The number of hydrogen-bond donors (Lipinski definition) is 1. The SMILES string of the molecule is COc1ccc(NC(=O)Cn2c3c(sc2=O)[C@H](c2ccc(N(C)C)cc2)C2C(=O)N(c4ccc(F)cc4)C(=O)C2S3)cc1. The van der Waals surface area contributed by atoms with Gasteiger partial charge in [0.1, 0.15) is 23.4 Å². The Balaban J connectivity index is 1.39. The molecule has 1 saturated heterocycles. The van der Waals surface area contributed by atoms with E-state index >= 15 is 0 Å². The van der Waals surface area contributed by atoms with E-state index in [4.69, 9.17) is 4.74 Å². The topological polar surface area (TPSA) is 101 Å². The molecule has 0 saturated carbocycles. The van der Waals surface area contributed by atoms with E-state index in [2.05, 4.69) is 5.32 Å². The molecule has 220 valence electrons. The minimum absolute atomic E-state index is 0.267. The molecule has 0 radical (unpaired) electrons. The molecule has 3 aromatic carbocycles. The number of rotatable bonds is 7. The van der Waals surface area contributed by atoms with Gasteiger partial charge >= 0.3 is 4.87 Å². The van der Waals surface area contributed by atoms with E-state index in [-0.39, 0.29) is 17.1 Å². The minimum Gasteiger partial charge on any atom is -0.497 e. The third kappa shape index (κ3) is 5.21. The number of fused-ring (bicyclic) bond motifs is 2. The van der Waals surface area contributed by atoms with Gasteiger partial charge in [0.15, 0.2) is 0 Å². The summed E-state index contributed by atoms with van der Waals surface area (Å²) in [7, 11) is 5.39. The fourth-order valence-corrected chi connectivity index (χ4v) is 8.23. The van der Waals surface area contributed by atoms with Crippen LogP contribution in [0.15, 0.2) is 82.6 Å². The Bertz CT molecular complexity index is 1770. The summed E-state index contributed by atoms with van der Waals surface area (Å²) < 4.78 is 20.2. The Kier molecular flexibility index (Phi) is 7.57. The van der Waals surface area contributed by atoms with Crippen LogP contribution >= 0.6 is 23.1 Å². The lowest BCUT2D eigenvalue weighted by Crippen LogP contribution is -2.33. The van der Waals surface area contributed by atoms with Crippen molar-refractivity contribution in [1.82, 2.24) is 4.57 Å². The van der Waals surface area contributed by atoms with Gasteiger partial charge in [0, 0.05) is 36.3 Å². The lowest BCUT2D eigenvalue weighted by atomic mass is 9.83. The number of carbonyl (C=O) groups excluding carboxylic acids is 3. The number of anilines is 3. The van der Waals surface area contributed by atoms with Gasteiger partial charge in [-0.15, -0.1) is 0 Å². The van der Waals surface area contributed by atoms with Crippen LogP contribution < -0.4 is 24.7 Å². The van der Waals surface area contributed by atoms with E-state index in [1.165, 1.54) is 28.8 Å². The van der Waals surface area contributed by atoms with E-state index in [0.29, 0.717) is 21.3 Å². The number of amides is 3. The van der Waals surface area contributed by atoms with E-state index < -0.39 is 40.6 Å². The molecule has 0 spiro atoms. The first-order chi connectivity index (χ1) is 20.7. The molecular weight excluding hydrogens is 591 g/mol. The summed E-state index contributed by atoms with van der Waals surface area (Å²) in [4.78, 5) is 57.5. The van der Waals surface area contributed by atoms with Gasteiger partial charge in [-0.25, -0.2) is 9.29 Å². The Morgan fingerprint density at radius 3 is 2.26 bits per heavy atom. The molecule has 4 aromatic rings. The van der Waals surface area contributed by atoms with Crippen LogP contribution in [0.3, 0.4) is 0 Å². The predicted molar refractivity (Wildman–Crippen MR) is 165 cm³/mol. The molecule has 3 amide bonds. The molecule has 12 heteroatoms. The highest BCUT2D eigenvalue weighted by Gasteiger charge is 2.56. The molecule has 0 bridgehead atoms. The molecule has 3 heterocycles. The standard InChI is InChI=1S/C31H27FN4O5S2/c1-34(2)20-10-4-17(5-11-20)24-25-26(29(39)36(28(25)38)21-12-6-18(32)7-13-21)42-30-27(24)43-31(40)35(30)16-23(37)33-19-8-14-22(41-3)15-9-19/h4-15,24-26H,16H2,1-3H3,(H,33,37)/t24-,25?,26?/m1/s1. The fourth-order valence-electron chi connectivity index (χ4n) is 5.46. The number of ether oxygens (including phenoxy) is 1. The van der Waals surface area contributed by atoms with Crippen molar-refractivity contribution < 1.29 is 23.5 Å². The largest absolute Gasteiger partial charge is 0.497 e. The third-order valence-corrected chi connectivity index (χ3v) is 10.2. The van der Waals surface area contributed by atoms with Crippen LogP contribution in [0.2, 0.25) is 0 Å². The van der Waals surface area contributed by atoms with Gasteiger partial charge in [-0.05, 0) is 66.2 Å². The summed E-state index contributed by atoms with van der Waals surface area (Å²) in [6.45, 7) is -0.267. The van der Waals surface area contributed by atoms with Crippen LogP contribution in [-0.4, -0.2) is 48.7 Å². The zero-order valence-electron chi connectivity index (χ0n) is 23.4. The van der Waals surface area contributed by atoms with E-state index in [9.17, 15) is 23.6 Å². The second-order valence-corrected chi connectivity index (χ2v) is 12.5. The number of methoxy groups -OCH3 is 1. The van der Waals surface area contributed by atoms with E-state index in [0.717, 1.165) is 39.2 Å². The first kappa shape index (κ1) is 28.7. The second-order valence-electron chi connectivity index (χ2n) is 10.4. The second kappa shape index (κ2) is 11.3. The third-order valence-electron chi connectivity index (χ3n) is 7.58. The number of thiazole rings is 1. The van der Waals surface area contributed by atoms with Gasteiger partial charge in [-0.2, -0.15) is 0 Å². The molecule has 43 heavy (non-hydrogen) atoms. The fraction of sp³-hybridized carbons (Fsp3) is 0.226. The van der Waals surface area contributed by atoms with Crippen molar-refractivity contribution in [2.45, 2.75) is 22.7 Å². The summed E-state index contributed by atoms with van der Waals surface area (Å²) in [6, 6.07) is 19.7. The number of thioether (sulfide) groups is 1. The molecule has 2 unspecified atom stereocenters. The quantitative estimate of drug-likeness (QED) is 0.303. The number of nitrogens with one attached hydrogen (secondary N) is 1. The summed E-state index contributed by atoms with van der Waals surface area (Å²) in [5, 5.41) is 2.45. The van der Waals surface area contributed by atoms with Crippen LogP contribution in [-0.2, 0) is 20.9 Å². The van der Waals surface area contributed by atoms with Gasteiger partial charge in [-0.1, -0.05) is 35.2 Å². The molecule has 3 atom stereocenters. The van der Waals surface area contributed by atoms with Crippen molar-refractivity contribution in [2.75, 3.05) is 36.3 Å². The van der Waals surface area contributed by atoms with Crippen molar-refractivity contribution in [2.24, 2.45) is 5.92 Å². The molecule has 1 aromatic heterocycles. The van der Waals surface area contributed by atoms with Crippen molar-refractivity contribution in [1.29, 1.82) is 0 Å². The lowest BCUT2D eigenvalue weighted by molar-refractivity contribution is -0.122. The Labute approximate surface area is 254 Å². The zero-order chi connectivity index (χ0) is 30.4.